The first-order valence-corrected chi connectivity index (χ1v) is 11.2. The number of aliphatic hydroxyl groups excluding tert-OH is 4. The van der Waals surface area contributed by atoms with Gasteiger partial charge in [-0.2, -0.15) is 0 Å². The fraction of sp³-hybridized carbons (Fsp3) is 0.520. The van der Waals surface area contributed by atoms with Gasteiger partial charge in [-0.3, -0.25) is 0 Å². The van der Waals surface area contributed by atoms with Gasteiger partial charge in [0, 0.05) is 13.2 Å². The molecule has 33 heavy (non-hydrogen) atoms. The van der Waals surface area contributed by atoms with E-state index in [1.54, 1.807) is 12.1 Å². The Balaban J connectivity index is 1.53. The van der Waals surface area contributed by atoms with Crippen LogP contribution in [0.1, 0.15) is 24.0 Å². The van der Waals surface area contributed by atoms with Gasteiger partial charge in [0.1, 0.15) is 18.5 Å². The molecule has 4 N–H and O–H groups in total. The highest BCUT2D eigenvalue weighted by Gasteiger charge is 2.08. The lowest BCUT2D eigenvalue weighted by Crippen LogP contribution is -2.23. The van der Waals surface area contributed by atoms with Gasteiger partial charge in [-0.15, -0.1) is 0 Å². The molecule has 184 valence electrons. The second kappa shape index (κ2) is 16.6. The van der Waals surface area contributed by atoms with E-state index in [-0.39, 0.29) is 39.5 Å². The predicted molar refractivity (Wildman–Crippen MR) is 123 cm³/mol. The van der Waals surface area contributed by atoms with Crippen LogP contribution in [0, 0.1) is 0 Å². The highest BCUT2D eigenvalue weighted by molar-refractivity contribution is 5.26. The van der Waals surface area contributed by atoms with Crippen LogP contribution >= 0.6 is 0 Å². The van der Waals surface area contributed by atoms with Crippen molar-refractivity contribution in [2.45, 2.75) is 44.4 Å². The SMILES string of the molecule is OCCC(O)COCCC(O)COCc1ccc(OCC(O)COCc2ccccc2)cc1. The number of hydrogen-bond donors (Lipinski definition) is 4. The van der Waals surface area contributed by atoms with Crippen molar-refractivity contribution in [3.63, 3.8) is 0 Å². The summed E-state index contributed by atoms with van der Waals surface area (Å²) in [5.74, 6) is 0.640. The summed E-state index contributed by atoms with van der Waals surface area (Å²) in [5, 5.41) is 38.1. The molecular formula is C25H36O8. The number of hydrogen-bond acceptors (Lipinski definition) is 8. The van der Waals surface area contributed by atoms with Crippen LogP contribution in [-0.4, -0.2) is 78.4 Å². The van der Waals surface area contributed by atoms with Gasteiger partial charge < -0.3 is 39.4 Å². The fourth-order valence-electron chi connectivity index (χ4n) is 2.88. The smallest absolute Gasteiger partial charge is 0.119 e. The zero-order valence-electron chi connectivity index (χ0n) is 18.9. The van der Waals surface area contributed by atoms with Crippen molar-refractivity contribution < 1.29 is 39.4 Å². The van der Waals surface area contributed by atoms with Crippen LogP contribution in [0.3, 0.4) is 0 Å². The maximum absolute atomic E-state index is 10.0. The number of rotatable bonds is 18. The van der Waals surface area contributed by atoms with Crippen LogP contribution in [0.25, 0.3) is 0 Å². The molecule has 0 heterocycles. The summed E-state index contributed by atoms with van der Waals surface area (Å²) >= 11 is 0. The molecule has 8 nitrogen and oxygen atoms in total. The zero-order valence-corrected chi connectivity index (χ0v) is 18.9. The number of aliphatic hydroxyl groups is 4. The normalized spacial score (nSPS) is 14.1. The van der Waals surface area contributed by atoms with Crippen molar-refractivity contribution >= 4 is 0 Å². The van der Waals surface area contributed by atoms with Gasteiger partial charge in [0.2, 0.25) is 0 Å². The van der Waals surface area contributed by atoms with E-state index < -0.39 is 18.3 Å². The Morgan fingerprint density at radius 2 is 1.18 bits per heavy atom. The highest BCUT2D eigenvalue weighted by atomic mass is 16.5. The lowest BCUT2D eigenvalue weighted by Gasteiger charge is -2.14. The van der Waals surface area contributed by atoms with Crippen LogP contribution in [-0.2, 0) is 27.4 Å². The summed E-state index contributed by atoms with van der Waals surface area (Å²) in [6.45, 7) is 1.66. The third-order valence-electron chi connectivity index (χ3n) is 4.73. The third kappa shape index (κ3) is 12.7. The van der Waals surface area contributed by atoms with Crippen molar-refractivity contribution in [1.82, 2.24) is 0 Å². The van der Waals surface area contributed by atoms with Crippen molar-refractivity contribution in [3.05, 3.63) is 65.7 Å². The summed E-state index contributed by atoms with van der Waals surface area (Å²) in [5.41, 5.74) is 1.99. The summed E-state index contributed by atoms with van der Waals surface area (Å²) in [6, 6.07) is 17.1. The van der Waals surface area contributed by atoms with E-state index in [9.17, 15) is 15.3 Å². The van der Waals surface area contributed by atoms with Crippen molar-refractivity contribution in [3.8, 4) is 5.75 Å². The fourth-order valence-corrected chi connectivity index (χ4v) is 2.88. The van der Waals surface area contributed by atoms with E-state index in [1.807, 2.05) is 42.5 Å². The molecule has 0 radical (unpaired) electrons. The standard InChI is InChI=1S/C25H36O8/c26-12-10-22(27)16-30-13-11-23(28)17-31-15-21-6-8-25(9-7-21)33-19-24(29)18-32-14-20-4-2-1-3-5-20/h1-9,22-24,26-29H,10-19H2. The Hall–Kier alpha value is -2.04. The molecule has 0 aliphatic heterocycles. The highest BCUT2D eigenvalue weighted by Crippen LogP contribution is 2.14. The average Bonchev–Trinajstić information content (AvgIpc) is 2.82. The number of benzene rings is 2. The van der Waals surface area contributed by atoms with E-state index in [0.717, 1.165) is 11.1 Å². The lowest BCUT2D eigenvalue weighted by molar-refractivity contribution is -0.0117. The molecule has 0 fully saturated rings. The molecule has 8 heteroatoms. The van der Waals surface area contributed by atoms with Crippen molar-refractivity contribution in [1.29, 1.82) is 0 Å². The molecule has 0 aromatic heterocycles. The molecule has 0 aliphatic carbocycles. The lowest BCUT2D eigenvalue weighted by atomic mass is 10.2. The molecule has 0 saturated heterocycles. The maximum atomic E-state index is 10.0. The minimum atomic E-state index is -0.722. The van der Waals surface area contributed by atoms with Gasteiger partial charge in [0.15, 0.2) is 0 Å². The van der Waals surface area contributed by atoms with Crippen LogP contribution in [0.2, 0.25) is 0 Å². The molecule has 3 unspecified atom stereocenters. The Morgan fingerprint density at radius 3 is 1.85 bits per heavy atom. The summed E-state index contributed by atoms with van der Waals surface area (Å²) in [7, 11) is 0. The van der Waals surface area contributed by atoms with Crippen LogP contribution < -0.4 is 4.74 Å². The molecule has 0 amide bonds. The molecule has 2 aromatic carbocycles. The Morgan fingerprint density at radius 1 is 0.606 bits per heavy atom. The average molecular weight is 465 g/mol. The Labute approximate surface area is 195 Å². The minimum absolute atomic E-state index is 0.0831. The van der Waals surface area contributed by atoms with E-state index in [0.29, 0.717) is 32.0 Å². The minimum Gasteiger partial charge on any atom is -0.491 e. The van der Waals surface area contributed by atoms with Gasteiger partial charge in [0.05, 0.1) is 45.2 Å². The monoisotopic (exact) mass is 464 g/mol. The Bertz CT molecular complexity index is 725. The molecular weight excluding hydrogens is 428 g/mol. The van der Waals surface area contributed by atoms with Crippen LogP contribution in [0.4, 0.5) is 0 Å². The molecule has 2 rings (SSSR count). The number of ether oxygens (including phenoxy) is 4. The van der Waals surface area contributed by atoms with E-state index in [1.165, 1.54) is 0 Å². The zero-order chi connectivity index (χ0) is 23.7. The second-order valence-electron chi connectivity index (χ2n) is 7.81. The first-order chi connectivity index (χ1) is 16.1. The van der Waals surface area contributed by atoms with Gasteiger partial charge in [-0.05, 0) is 36.1 Å². The second-order valence-corrected chi connectivity index (χ2v) is 7.81. The largest absolute Gasteiger partial charge is 0.491 e. The van der Waals surface area contributed by atoms with E-state index in [2.05, 4.69) is 0 Å². The maximum Gasteiger partial charge on any atom is 0.119 e. The van der Waals surface area contributed by atoms with Gasteiger partial charge in [-0.1, -0.05) is 42.5 Å². The topological polar surface area (TPSA) is 118 Å². The summed E-state index contributed by atoms with van der Waals surface area (Å²) in [4.78, 5) is 0. The van der Waals surface area contributed by atoms with E-state index >= 15 is 0 Å². The summed E-state index contributed by atoms with van der Waals surface area (Å²) in [6.07, 6.45) is -1.39. The molecule has 0 bridgehead atoms. The first kappa shape index (κ1) is 27.2. The third-order valence-corrected chi connectivity index (χ3v) is 4.73. The quantitative estimate of drug-likeness (QED) is 0.246. The molecule has 3 atom stereocenters. The summed E-state index contributed by atoms with van der Waals surface area (Å²) < 4.78 is 21.9. The van der Waals surface area contributed by atoms with Crippen LogP contribution in [0.15, 0.2) is 54.6 Å². The van der Waals surface area contributed by atoms with E-state index in [4.69, 9.17) is 24.1 Å². The van der Waals surface area contributed by atoms with Gasteiger partial charge in [-0.25, -0.2) is 0 Å². The van der Waals surface area contributed by atoms with Crippen molar-refractivity contribution in [2.75, 3.05) is 39.6 Å². The Kier molecular flexibility index (Phi) is 13.6. The molecule has 2 aromatic rings. The van der Waals surface area contributed by atoms with Crippen LogP contribution in [0.5, 0.6) is 5.75 Å². The molecule has 0 saturated carbocycles. The van der Waals surface area contributed by atoms with Gasteiger partial charge in [0.25, 0.3) is 0 Å². The molecule has 0 spiro atoms. The van der Waals surface area contributed by atoms with Gasteiger partial charge >= 0.3 is 0 Å². The van der Waals surface area contributed by atoms with Crippen molar-refractivity contribution in [2.24, 2.45) is 0 Å². The molecule has 0 aliphatic rings. The predicted octanol–water partition coefficient (Wildman–Crippen LogP) is 1.67. The first-order valence-electron chi connectivity index (χ1n) is 11.2.